The van der Waals surface area contributed by atoms with Gasteiger partial charge in [0.1, 0.15) is 6.33 Å². The summed E-state index contributed by atoms with van der Waals surface area (Å²) in [4.78, 5) is 2.53. The van der Waals surface area contributed by atoms with Crippen molar-refractivity contribution >= 4 is 11.3 Å². The van der Waals surface area contributed by atoms with Crippen molar-refractivity contribution in [3.63, 3.8) is 0 Å². The number of benzene rings is 1. The molecule has 1 atom stereocenters. The van der Waals surface area contributed by atoms with Gasteiger partial charge in [-0.1, -0.05) is 30.3 Å². The normalized spacial score (nSPS) is 18.3. The quantitative estimate of drug-likeness (QED) is 0.781. The fourth-order valence-electron chi connectivity index (χ4n) is 3.46. The molecule has 1 aromatic carbocycles. The zero-order chi connectivity index (χ0) is 16.4. The minimum absolute atomic E-state index is 0.664. The van der Waals surface area contributed by atoms with Gasteiger partial charge in [-0.25, -0.2) is 0 Å². The highest BCUT2D eigenvalue weighted by molar-refractivity contribution is 5.66. The van der Waals surface area contributed by atoms with Crippen molar-refractivity contribution in [1.29, 1.82) is 0 Å². The van der Waals surface area contributed by atoms with Crippen LogP contribution in [0.3, 0.4) is 0 Å². The second-order valence-corrected chi connectivity index (χ2v) is 6.42. The molecular weight excluding hydrogens is 300 g/mol. The topological polar surface area (TPSA) is 58.3 Å². The van der Waals surface area contributed by atoms with Crippen LogP contribution in [-0.2, 0) is 0 Å². The lowest BCUT2D eigenvalue weighted by atomic mass is 9.99. The average Bonchev–Trinajstić information content (AvgIpc) is 3.25. The Bertz CT molecular complexity index is 813. The molecule has 6 nitrogen and oxygen atoms in total. The van der Waals surface area contributed by atoms with Gasteiger partial charge < -0.3 is 10.2 Å². The number of rotatable bonds is 5. The van der Waals surface area contributed by atoms with Crippen LogP contribution in [0, 0.1) is 6.92 Å². The van der Waals surface area contributed by atoms with Crippen molar-refractivity contribution in [3.05, 3.63) is 54.0 Å². The van der Waals surface area contributed by atoms with Crippen molar-refractivity contribution < 1.29 is 0 Å². The Morgan fingerprint density at radius 2 is 2.12 bits per heavy atom. The number of nitrogens with zero attached hydrogens (tertiary/aromatic N) is 5. The second-order valence-electron chi connectivity index (χ2n) is 6.42. The maximum absolute atomic E-state index is 4.37. The fraction of sp³-hybridized carbons (Fsp3) is 0.389. The Labute approximate surface area is 141 Å². The van der Waals surface area contributed by atoms with E-state index in [0.717, 1.165) is 43.2 Å². The van der Waals surface area contributed by atoms with Crippen molar-refractivity contribution in [2.45, 2.75) is 19.3 Å². The summed E-state index contributed by atoms with van der Waals surface area (Å²) < 4.78 is 1.72. The smallest absolute Gasteiger partial charge is 0.200 e. The number of likely N-dealkylation sites (tertiary alicyclic amines) is 1. The Balaban J connectivity index is 1.34. The van der Waals surface area contributed by atoms with Gasteiger partial charge in [-0.3, -0.25) is 0 Å². The van der Waals surface area contributed by atoms with Crippen LogP contribution in [0.1, 0.15) is 23.6 Å². The van der Waals surface area contributed by atoms with E-state index in [-0.39, 0.29) is 0 Å². The number of aromatic nitrogens is 4. The minimum atomic E-state index is 0.664. The molecule has 1 fully saturated rings. The molecule has 0 saturated carbocycles. The van der Waals surface area contributed by atoms with E-state index >= 15 is 0 Å². The molecular formula is C18H22N6. The summed E-state index contributed by atoms with van der Waals surface area (Å²) in [7, 11) is 0. The summed E-state index contributed by atoms with van der Waals surface area (Å²) in [5.41, 5.74) is 4.20. The largest absolute Gasteiger partial charge is 0.381 e. The highest BCUT2D eigenvalue weighted by Crippen LogP contribution is 2.26. The lowest BCUT2D eigenvalue weighted by Gasteiger charge is -2.17. The number of hydrogen-bond donors (Lipinski definition) is 1. The van der Waals surface area contributed by atoms with E-state index in [9.17, 15) is 0 Å². The van der Waals surface area contributed by atoms with Crippen LogP contribution in [0.4, 0.5) is 5.69 Å². The van der Waals surface area contributed by atoms with Crippen LogP contribution >= 0.6 is 0 Å². The van der Waals surface area contributed by atoms with E-state index in [1.807, 2.05) is 13.0 Å². The monoisotopic (exact) mass is 322 g/mol. The van der Waals surface area contributed by atoms with Crippen molar-refractivity contribution in [2.75, 3.05) is 31.5 Å². The van der Waals surface area contributed by atoms with E-state index < -0.39 is 0 Å². The molecule has 6 heteroatoms. The van der Waals surface area contributed by atoms with Crippen LogP contribution in [-0.4, -0.2) is 50.9 Å². The van der Waals surface area contributed by atoms with Gasteiger partial charge in [0.05, 0.1) is 11.4 Å². The third-order valence-corrected chi connectivity index (χ3v) is 4.68. The SMILES string of the molecule is Cc1cc(NCCN2CCC(c3ccccc3)C2)c2nncn2n1. The number of fused-ring (bicyclic) bond motifs is 1. The van der Waals surface area contributed by atoms with E-state index in [0.29, 0.717) is 5.92 Å². The molecule has 0 bridgehead atoms. The predicted molar refractivity (Wildman–Crippen MR) is 94.2 cm³/mol. The lowest BCUT2D eigenvalue weighted by molar-refractivity contribution is 0.348. The van der Waals surface area contributed by atoms with E-state index in [1.165, 1.54) is 12.0 Å². The van der Waals surface area contributed by atoms with Crippen LogP contribution in [0.5, 0.6) is 0 Å². The first-order valence-corrected chi connectivity index (χ1v) is 8.48. The summed E-state index contributed by atoms with van der Waals surface area (Å²) in [6, 6.07) is 12.9. The highest BCUT2D eigenvalue weighted by atomic mass is 15.3. The van der Waals surface area contributed by atoms with Crippen molar-refractivity contribution in [3.8, 4) is 0 Å². The molecule has 0 radical (unpaired) electrons. The molecule has 124 valence electrons. The second kappa shape index (κ2) is 6.57. The number of aryl methyl sites for hydroxylation is 1. The molecule has 1 N–H and O–H groups in total. The van der Waals surface area contributed by atoms with Gasteiger partial charge in [0.25, 0.3) is 0 Å². The molecule has 4 rings (SSSR count). The molecule has 3 aromatic rings. The van der Waals surface area contributed by atoms with Gasteiger partial charge in [-0.2, -0.15) is 9.61 Å². The molecule has 0 spiro atoms. The van der Waals surface area contributed by atoms with Gasteiger partial charge >= 0.3 is 0 Å². The zero-order valence-electron chi connectivity index (χ0n) is 13.9. The van der Waals surface area contributed by atoms with E-state index in [2.05, 4.69) is 55.8 Å². The van der Waals surface area contributed by atoms with E-state index in [4.69, 9.17) is 0 Å². The first kappa shape index (κ1) is 15.1. The Hall–Kier alpha value is -2.47. The fourth-order valence-corrected chi connectivity index (χ4v) is 3.46. The van der Waals surface area contributed by atoms with Crippen molar-refractivity contribution in [1.82, 2.24) is 24.7 Å². The number of nitrogens with one attached hydrogen (secondary N) is 1. The Morgan fingerprint density at radius 3 is 3.00 bits per heavy atom. The summed E-state index contributed by atoms with van der Waals surface area (Å²) in [5.74, 6) is 0.664. The van der Waals surface area contributed by atoms with Gasteiger partial charge in [0, 0.05) is 19.6 Å². The first-order valence-electron chi connectivity index (χ1n) is 8.48. The van der Waals surface area contributed by atoms with Crippen LogP contribution in [0.25, 0.3) is 5.65 Å². The lowest BCUT2D eigenvalue weighted by Crippen LogP contribution is -2.27. The van der Waals surface area contributed by atoms with Crippen LogP contribution in [0.15, 0.2) is 42.7 Å². The van der Waals surface area contributed by atoms with E-state index in [1.54, 1.807) is 10.8 Å². The third kappa shape index (κ3) is 3.10. The summed E-state index contributed by atoms with van der Waals surface area (Å²) in [6.45, 7) is 6.21. The Morgan fingerprint density at radius 1 is 1.25 bits per heavy atom. The maximum atomic E-state index is 4.37. The number of anilines is 1. The molecule has 0 aliphatic carbocycles. The average molecular weight is 322 g/mol. The minimum Gasteiger partial charge on any atom is -0.381 e. The Kier molecular flexibility index (Phi) is 4.13. The molecule has 0 amide bonds. The van der Waals surface area contributed by atoms with Gasteiger partial charge in [0.2, 0.25) is 5.65 Å². The summed E-state index contributed by atoms with van der Waals surface area (Å²) >= 11 is 0. The third-order valence-electron chi connectivity index (χ3n) is 4.68. The van der Waals surface area contributed by atoms with Crippen molar-refractivity contribution in [2.24, 2.45) is 0 Å². The zero-order valence-corrected chi connectivity index (χ0v) is 13.9. The standard InChI is InChI=1S/C18H22N6/c1-14-11-17(18-21-20-13-24(18)22-14)19-8-10-23-9-7-16(12-23)15-5-3-2-4-6-15/h2-6,11,13,16,19H,7-10,12H2,1H3. The highest BCUT2D eigenvalue weighted by Gasteiger charge is 2.23. The summed E-state index contributed by atoms with van der Waals surface area (Å²) in [5, 5.41) is 15.9. The molecule has 1 unspecified atom stereocenters. The predicted octanol–water partition coefficient (Wildman–Crippen LogP) is 2.33. The molecule has 1 aliphatic rings. The van der Waals surface area contributed by atoms with Crippen LogP contribution < -0.4 is 5.32 Å². The molecule has 24 heavy (non-hydrogen) atoms. The first-order chi connectivity index (χ1) is 11.8. The molecule has 1 aliphatic heterocycles. The van der Waals surface area contributed by atoms with Gasteiger partial charge in [0.15, 0.2) is 0 Å². The van der Waals surface area contributed by atoms with Gasteiger partial charge in [-0.15, -0.1) is 10.2 Å². The summed E-state index contributed by atoms with van der Waals surface area (Å²) in [6.07, 6.45) is 2.88. The van der Waals surface area contributed by atoms with Gasteiger partial charge in [-0.05, 0) is 37.4 Å². The van der Waals surface area contributed by atoms with Crippen LogP contribution in [0.2, 0.25) is 0 Å². The number of hydrogen-bond acceptors (Lipinski definition) is 5. The molecule has 1 saturated heterocycles. The maximum Gasteiger partial charge on any atom is 0.200 e. The molecule has 3 heterocycles. The molecule has 2 aromatic heterocycles.